The van der Waals surface area contributed by atoms with Crippen LogP contribution in [0.5, 0.6) is 17.4 Å². The number of piperidine rings is 1. The van der Waals surface area contributed by atoms with Crippen LogP contribution in [-0.4, -0.2) is 45.0 Å². The lowest BCUT2D eigenvalue weighted by Crippen LogP contribution is -2.40. The van der Waals surface area contributed by atoms with Gasteiger partial charge in [0.2, 0.25) is 5.88 Å². The van der Waals surface area contributed by atoms with Crippen LogP contribution in [0.3, 0.4) is 0 Å². The Labute approximate surface area is 169 Å². The minimum atomic E-state index is 0.0160. The van der Waals surface area contributed by atoms with Gasteiger partial charge in [-0.25, -0.2) is 9.97 Å². The highest BCUT2D eigenvalue weighted by Crippen LogP contribution is 2.27. The molecule has 0 spiro atoms. The highest BCUT2D eigenvalue weighted by molar-refractivity contribution is 5.77. The Bertz CT molecular complexity index is 932. The Hall–Kier alpha value is -3.35. The van der Waals surface area contributed by atoms with Gasteiger partial charge in [-0.1, -0.05) is 6.07 Å². The Balaban J connectivity index is 1.24. The van der Waals surface area contributed by atoms with Gasteiger partial charge in [0.05, 0.1) is 6.33 Å². The smallest absolute Gasteiger partial charge is 0.260 e. The van der Waals surface area contributed by atoms with E-state index < -0.39 is 0 Å². The lowest BCUT2D eigenvalue weighted by atomic mass is 9.94. The maximum atomic E-state index is 12.5. The molecule has 0 bridgehead atoms. The van der Waals surface area contributed by atoms with E-state index in [4.69, 9.17) is 9.47 Å². The molecule has 3 aromatic rings. The number of amides is 1. The molecule has 1 aromatic carbocycles. The average Bonchev–Trinajstić information content (AvgIpc) is 3.20. The van der Waals surface area contributed by atoms with Crippen molar-refractivity contribution in [3.8, 4) is 17.4 Å². The van der Waals surface area contributed by atoms with E-state index in [0.29, 0.717) is 23.3 Å². The topological polar surface area (TPSA) is 69.5 Å². The maximum Gasteiger partial charge on any atom is 0.260 e. The molecule has 1 fully saturated rings. The Kier molecular flexibility index (Phi) is 5.74. The number of aromatic nitrogens is 3. The van der Waals surface area contributed by atoms with Crippen molar-refractivity contribution in [2.75, 3.05) is 19.7 Å². The number of hydrogen-bond donors (Lipinski definition) is 0. The van der Waals surface area contributed by atoms with Crippen molar-refractivity contribution >= 4 is 5.91 Å². The monoisotopic (exact) mass is 392 g/mol. The lowest BCUT2D eigenvalue weighted by molar-refractivity contribution is -0.134. The van der Waals surface area contributed by atoms with E-state index >= 15 is 0 Å². The van der Waals surface area contributed by atoms with Gasteiger partial charge in [-0.05, 0) is 43.2 Å². The second kappa shape index (κ2) is 8.77. The van der Waals surface area contributed by atoms with Crippen molar-refractivity contribution in [2.45, 2.75) is 18.8 Å². The van der Waals surface area contributed by atoms with Crippen LogP contribution < -0.4 is 9.47 Å². The van der Waals surface area contributed by atoms with Crippen LogP contribution in [-0.2, 0) is 11.8 Å². The number of nitrogens with zero attached hydrogens (tertiary/aromatic N) is 4. The Morgan fingerprint density at radius 1 is 1.10 bits per heavy atom. The molecule has 0 N–H and O–H groups in total. The summed E-state index contributed by atoms with van der Waals surface area (Å²) in [7, 11) is 2.01. The second-order valence-electron chi connectivity index (χ2n) is 7.11. The van der Waals surface area contributed by atoms with Crippen molar-refractivity contribution < 1.29 is 14.3 Å². The SMILES string of the molecule is Cn1cncc1C1CCN(C(=O)COc2ccc(Oc3ccccn3)cc2)CC1. The third-order valence-corrected chi connectivity index (χ3v) is 5.17. The van der Waals surface area contributed by atoms with E-state index in [1.165, 1.54) is 5.69 Å². The minimum absolute atomic E-state index is 0.0160. The maximum absolute atomic E-state index is 12.5. The number of rotatable bonds is 6. The van der Waals surface area contributed by atoms with Gasteiger partial charge >= 0.3 is 0 Å². The minimum Gasteiger partial charge on any atom is -0.484 e. The highest BCUT2D eigenvalue weighted by Gasteiger charge is 2.25. The summed E-state index contributed by atoms with van der Waals surface area (Å²) in [5, 5.41) is 0. The number of carbonyl (C=O) groups is 1. The predicted molar refractivity (Wildman–Crippen MR) is 108 cm³/mol. The molecule has 0 atom stereocenters. The fourth-order valence-electron chi connectivity index (χ4n) is 3.55. The average molecular weight is 392 g/mol. The van der Waals surface area contributed by atoms with Gasteiger partial charge in [-0.2, -0.15) is 0 Å². The van der Waals surface area contributed by atoms with Crippen LogP contribution in [0.4, 0.5) is 0 Å². The zero-order valence-electron chi connectivity index (χ0n) is 16.4. The number of pyridine rings is 1. The van der Waals surface area contributed by atoms with Crippen molar-refractivity contribution in [3.63, 3.8) is 0 Å². The molecule has 0 aliphatic carbocycles. The zero-order valence-corrected chi connectivity index (χ0v) is 16.4. The number of aryl methyl sites for hydroxylation is 1. The van der Waals surface area contributed by atoms with Gasteiger partial charge in [0.1, 0.15) is 11.5 Å². The molecule has 0 saturated carbocycles. The van der Waals surface area contributed by atoms with Gasteiger partial charge in [0, 0.05) is 50.2 Å². The first-order valence-corrected chi connectivity index (χ1v) is 9.75. The van der Waals surface area contributed by atoms with Gasteiger partial charge in [0.25, 0.3) is 5.91 Å². The molecule has 0 unspecified atom stereocenters. The standard InChI is InChI=1S/C22H24N4O3/c1-25-16-23-14-20(25)17-9-12-26(13-10-17)22(27)15-28-18-5-7-19(8-6-18)29-21-4-2-3-11-24-21/h2-8,11,14,16-17H,9-10,12-13,15H2,1H3. The summed E-state index contributed by atoms with van der Waals surface area (Å²) < 4.78 is 13.4. The molecule has 7 nitrogen and oxygen atoms in total. The summed E-state index contributed by atoms with van der Waals surface area (Å²) in [6, 6.07) is 12.7. The van der Waals surface area contributed by atoms with Crippen LogP contribution in [0.1, 0.15) is 24.5 Å². The fourth-order valence-corrected chi connectivity index (χ4v) is 3.55. The van der Waals surface area contributed by atoms with E-state index in [-0.39, 0.29) is 12.5 Å². The molecule has 3 heterocycles. The largest absolute Gasteiger partial charge is 0.484 e. The van der Waals surface area contributed by atoms with Gasteiger partial charge in [-0.3, -0.25) is 4.79 Å². The number of carbonyl (C=O) groups excluding carboxylic acids is 1. The van der Waals surface area contributed by atoms with E-state index in [2.05, 4.69) is 14.5 Å². The number of benzene rings is 1. The fraction of sp³-hybridized carbons (Fsp3) is 0.318. The molecule has 29 heavy (non-hydrogen) atoms. The molecule has 7 heteroatoms. The molecule has 4 rings (SSSR count). The van der Waals surface area contributed by atoms with E-state index in [1.54, 1.807) is 36.5 Å². The molecular weight excluding hydrogens is 368 g/mol. The first-order valence-electron chi connectivity index (χ1n) is 9.75. The van der Waals surface area contributed by atoms with Crippen LogP contribution in [0.15, 0.2) is 61.2 Å². The van der Waals surface area contributed by atoms with Crippen molar-refractivity contribution in [2.24, 2.45) is 7.05 Å². The summed E-state index contributed by atoms with van der Waals surface area (Å²) in [4.78, 5) is 22.7. The molecule has 1 amide bonds. The summed E-state index contributed by atoms with van der Waals surface area (Å²) in [5.41, 5.74) is 1.24. The summed E-state index contributed by atoms with van der Waals surface area (Å²) >= 11 is 0. The summed E-state index contributed by atoms with van der Waals surface area (Å²) in [6.07, 6.45) is 7.33. The van der Waals surface area contributed by atoms with E-state index in [1.807, 2.05) is 36.6 Å². The molecule has 0 radical (unpaired) electrons. The van der Waals surface area contributed by atoms with Crippen LogP contribution in [0.2, 0.25) is 0 Å². The number of hydrogen-bond acceptors (Lipinski definition) is 5. The van der Waals surface area contributed by atoms with Crippen LogP contribution in [0.25, 0.3) is 0 Å². The summed E-state index contributed by atoms with van der Waals surface area (Å²) in [6.45, 7) is 1.53. The van der Waals surface area contributed by atoms with Gasteiger partial charge < -0.3 is 18.9 Å². The van der Waals surface area contributed by atoms with Crippen LogP contribution in [0, 0.1) is 0 Å². The zero-order chi connectivity index (χ0) is 20.1. The Morgan fingerprint density at radius 3 is 2.52 bits per heavy atom. The van der Waals surface area contributed by atoms with Gasteiger partial charge in [0.15, 0.2) is 6.61 Å². The third kappa shape index (κ3) is 4.74. The summed E-state index contributed by atoms with van der Waals surface area (Å²) in [5.74, 6) is 2.31. The lowest BCUT2D eigenvalue weighted by Gasteiger charge is -2.32. The predicted octanol–water partition coefficient (Wildman–Crippen LogP) is 3.39. The second-order valence-corrected chi connectivity index (χ2v) is 7.11. The van der Waals surface area contributed by atoms with Crippen molar-refractivity contribution in [1.82, 2.24) is 19.4 Å². The van der Waals surface area contributed by atoms with Crippen molar-refractivity contribution in [1.29, 1.82) is 0 Å². The number of imidazole rings is 1. The third-order valence-electron chi connectivity index (χ3n) is 5.17. The highest BCUT2D eigenvalue weighted by atomic mass is 16.5. The van der Waals surface area contributed by atoms with E-state index in [0.717, 1.165) is 25.9 Å². The van der Waals surface area contributed by atoms with E-state index in [9.17, 15) is 4.79 Å². The normalized spacial score (nSPS) is 14.6. The molecule has 150 valence electrons. The molecule has 2 aromatic heterocycles. The quantitative estimate of drug-likeness (QED) is 0.643. The van der Waals surface area contributed by atoms with Crippen molar-refractivity contribution in [3.05, 3.63) is 66.9 Å². The molecule has 1 aliphatic rings. The van der Waals surface area contributed by atoms with Gasteiger partial charge in [-0.15, -0.1) is 0 Å². The first-order chi connectivity index (χ1) is 14.2. The molecule has 1 aliphatic heterocycles. The molecular formula is C22H24N4O3. The molecule has 1 saturated heterocycles. The number of ether oxygens (including phenoxy) is 2. The Morgan fingerprint density at radius 2 is 1.86 bits per heavy atom. The number of likely N-dealkylation sites (tertiary alicyclic amines) is 1. The first kappa shape index (κ1) is 19.0. The van der Waals surface area contributed by atoms with Crippen LogP contribution >= 0.6 is 0 Å².